The molecule has 24 heavy (non-hydrogen) atoms. The van der Waals surface area contributed by atoms with Crippen LogP contribution in [-0.2, 0) is 30.6 Å². The SMILES string of the molecule is CCOC(=O)Cc1csc(S[C@@H](C)C(=O)N[C@H]2CCS(=O)(=O)C2)n1. The molecular weight excluding hydrogens is 372 g/mol. The number of sulfone groups is 1. The number of thiazole rings is 1. The number of aromatic nitrogens is 1. The van der Waals surface area contributed by atoms with Gasteiger partial charge in [-0.1, -0.05) is 11.8 Å². The number of hydrogen-bond donors (Lipinski definition) is 1. The van der Waals surface area contributed by atoms with E-state index in [4.69, 9.17) is 4.74 Å². The molecule has 0 bridgehead atoms. The van der Waals surface area contributed by atoms with Crippen molar-refractivity contribution in [3.63, 3.8) is 0 Å². The molecule has 0 aromatic carbocycles. The molecule has 2 heterocycles. The van der Waals surface area contributed by atoms with Gasteiger partial charge >= 0.3 is 5.97 Å². The van der Waals surface area contributed by atoms with Gasteiger partial charge in [0.25, 0.3) is 0 Å². The highest BCUT2D eigenvalue weighted by Crippen LogP contribution is 2.27. The van der Waals surface area contributed by atoms with E-state index in [1.807, 2.05) is 0 Å². The third kappa shape index (κ3) is 5.75. The number of rotatable bonds is 7. The van der Waals surface area contributed by atoms with Crippen LogP contribution in [0.5, 0.6) is 0 Å². The van der Waals surface area contributed by atoms with E-state index in [1.54, 1.807) is 19.2 Å². The third-order valence-electron chi connectivity index (χ3n) is 3.39. The standard InChI is InChI=1S/C14H20N2O5S3/c1-3-21-12(17)6-11-7-22-14(16-11)23-9(2)13(18)15-10-4-5-24(19,20)8-10/h7,9-10H,3-6,8H2,1-2H3,(H,15,18)/t9-,10-/m0/s1. The van der Waals surface area contributed by atoms with Crippen LogP contribution >= 0.6 is 23.1 Å². The summed E-state index contributed by atoms with van der Waals surface area (Å²) in [6.07, 6.45) is 0.581. The lowest BCUT2D eigenvalue weighted by molar-refractivity contribution is -0.142. The molecule has 134 valence electrons. The Bertz CT molecular complexity index is 701. The lowest BCUT2D eigenvalue weighted by Crippen LogP contribution is -2.39. The Kier molecular flexibility index (Phi) is 6.64. The Morgan fingerprint density at radius 3 is 2.92 bits per heavy atom. The van der Waals surface area contributed by atoms with Gasteiger partial charge in [0, 0.05) is 11.4 Å². The van der Waals surface area contributed by atoms with E-state index in [0.717, 1.165) is 0 Å². The van der Waals surface area contributed by atoms with Crippen LogP contribution in [-0.4, -0.2) is 54.7 Å². The molecule has 0 spiro atoms. The van der Waals surface area contributed by atoms with Gasteiger partial charge in [0.05, 0.1) is 35.5 Å². The summed E-state index contributed by atoms with van der Waals surface area (Å²) >= 11 is 2.66. The molecule has 0 radical (unpaired) electrons. The van der Waals surface area contributed by atoms with Crippen LogP contribution in [0.2, 0.25) is 0 Å². The number of carbonyl (C=O) groups is 2. The maximum absolute atomic E-state index is 12.2. The molecule has 1 aromatic heterocycles. The molecule has 1 aromatic rings. The van der Waals surface area contributed by atoms with E-state index in [9.17, 15) is 18.0 Å². The normalized spacial score (nSPS) is 20.5. The molecule has 2 rings (SSSR count). The molecule has 7 nitrogen and oxygen atoms in total. The van der Waals surface area contributed by atoms with Crippen LogP contribution in [0.3, 0.4) is 0 Å². The minimum absolute atomic E-state index is 0.0110. The van der Waals surface area contributed by atoms with E-state index in [-0.39, 0.29) is 35.8 Å². The fraction of sp³-hybridized carbons (Fsp3) is 0.643. The van der Waals surface area contributed by atoms with Gasteiger partial charge in [-0.3, -0.25) is 9.59 Å². The van der Waals surface area contributed by atoms with Crippen LogP contribution in [0.25, 0.3) is 0 Å². The first kappa shape index (κ1) is 19.2. The summed E-state index contributed by atoms with van der Waals surface area (Å²) in [5.41, 5.74) is 0.621. The Balaban J connectivity index is 1.83. The average molecular weight is 393 g/mol. The van der Waals surface area contributed by atoms with Crippen molar-refractivity contribution in [2.75, 3.05) is 18.1 Å². The summed E-state index contributed by atoms with van der Waals surface area (Å²) < 4.78 is 28.4. The highest BCUT2D eigenvalue weighted by Gasteiger charge is 2.30. The third-order valence-corrected chi connectivity index (χ3v) is 7.28. The molecule has 0 aliphatic carbocycles. The highest BCUT2D eigenvalue weighted by atomic mass is 32.2. The predicted octanol–water partition coefficient (Wildman–Crippen LogP) is 1.03. The quantitative estimate of drug-likeness (QED) is 0.546. The van der Waals surface area contributed by atoms with E-state index in [0.29, 0.717) is 23.1 Å². The molecule has 1 amide bonds. The summed E-state index contributed by atoms with van der Waals surface area (Å²) in [7, 11) is -3.01. The minimum Gasteiger partial charge on any atom is -0.466 e. The van der Waals surface area contributed by atoms with Crippen molar-refractivity contribution < 1.29 is 22.7 Å². The first-order valence-electron chi connectivity index (χ1n) is 7.56. The first-order chi connectivity index (χ1) is 11.3. The summed E-state index contributed by atoms with van der Waals surface area (Å²) in [6.45, 7) is 3.82. The molecular formula is C14H20N2O5S3. The second kappa shape index (κ2) is 8.30. The van der Waals surface area contributed by atoms with Crippen LogP contribution < -0.4 is 5.32 Å². The van der Waals surface area contributed by atoms with E-state index < -0.39 is 15.1 Å². The maximum atomic E-state index is 12.2. The number of thioether (sulfide) groups is 1. The number of esters is 1. The van der Waals surface area contributed by atoms with Crippen LogP contribution in [0.15, 0.2) is 9.72 Å². The van der Waals surface area contributed by atoms with Crippen molar-refractivity contribution in [1.29, 1.82) is 0 Å². The Morgan fingerprint density at radius 2 is 2.29 bits per heavy atom. The van der Waals surface area contributed by atoms with Crippen molar-refractivity contribution in [2.45, 2.75) is 42.3 Å². The maximum Gasteiger partial charge on any atom is 0.311 e. The largest absolute Gasteiger partial charge is 0.466 e. The van der Waals surface area contributed by atoms with Gasteiger partial charge < -0.3 is 10.1 Å². The molecule has 1 saturated heterocycles. The van der Waals surface area contributed by atoms with Crippen molar-refractivity contribution in [2.24, 2.45) is 0 Å². The number of amides is 1. The molecule has 1 aliphatic rings. The molecule has 2 atom stereocenters. The average Bonchev–Trinajstić information content (AvgIpc) is 3.05. The second-order valence-electron chi connectivity index (χ2n) is 5.46. The first-order valence-corrected chi connectivity index (χ1v) is 11.1. The van der Waals surface area contributed by atoms with Crippen molar-refractivity contribution in [3.8, 4) is 0 Å². The topological polar surface area (TPSA) is 102 Å². The summed E-state index contributed by atoms with van der Waals surface area (Å²) in [5.74, 6) is -0.392. The molecule has 1 aliphatic heterocycles. The van der Waals surface area contributed by atoms with Crippen LogP contribution in [0.4, 0.5) is 0 Å². The zero-order valence-electron chi connectivity index (χ0n) is 13.5. The molecule has 0 unspecified atom stereocenters. The molecule has 0 saturated carbocycles. The Hall–Kier alpha value is -1.13. The Morgan fingerprint density at radius 1 is 1.54 bits per heavy atom. The van der Waals surface area contributed by atoms with Crippen molar-refractivity contribution in [3.05, 3.63) is 11.1 Å². The van der Waals surface area contributed by atoms with Crippen LogP contribution in [0.1, 0.15) is 26.0 Å². The lowest BCUT2D eigenvalue weighted by Gasteiger charge is -2.14. The number of ether oxygens (including phenoxy) is 1. The number of nitrogens with one attached hydrogen (secondary N) is 1. The number of hydrogen-bond acceptors (Lipinski definition) is 8. The van der Waals surface area contributed by atoms with Gasteiger partial charge in [-0.15, -0.1) is 11.3 Å². The van der Waals surface area contributed by atoms with Gasteiger partial charge in [0.1, 0.15) is 0 Å². The second-order valence-corrected chi connectivity index (χ2v) is 10.1. The van der Waals surface area contributed by atoms with Gasteiger partial charge in [-0.05, 0) is 20.3 Å². The van der Waals surface area contributed by atoms with E-state index >= 15 is 0 Å². The predicted molar refractivity (Wildman–Crippen MR) is 93.0 cm³/mol. The number of nitrogens with zero attached hydrogens (tertiary/aromatic N) is 1. The zero-order chi connectivity index (χ0) is 17.7. The van der Waals surface area contributed by atoms with Gasteiger partial charge in [-0.2, -0.15) is 0 Å². The lowest BCUT2D eigenvalue weighted by atomic mass is 10.2. The zero-order valence-corrected chi connectivity index (χ0v) is 15.9. The van der Waals surface area contributed by atoms with Crippen molar-refractivity contribution in [1.82, 2.24) is 10.3 Å². The molecule has 1 fully saturated rings. The fourth-order valence-electron chi connectivity index (χ4n) is 2.22. The van der Waals surface area contributed by atoms with Gasteiger partial charge in [0.15, 0.2) is 14.2 Å². The minimum atomic E-state index is -3.01. The monoisotopic (exact) mass is 392 g/mol. The fourth-order valence-corrected chi connectivity index (χ4v) is 5.88. The molecule has 10 heteroatoms. The van der Waals surface area contributed by atoms with E-state index in [2.05, 4.69) is 10.3 Å². The smallest absolute Gasteiger partial charge is 0.311 e. The van der Waals surface area contributed by atoms with E-state index in [1.165, 1.54) is 23.1 Å². The number of carbonyl (C=O) groups excluding carboxylic acids is 2. The van der Waals surface area contributed by atoms with Gasteiger partial charge in [0.2, 0.25) is 5.91 Å². The Labute approximate surface area is 149 Å². The summed E-state index contributed by atoms with van der Waals surface area (Å²) in [6, 6.07) is -0.304. The highest BCUT2D eigenvalue weighted by molar-refractivity contribution is 8.02. The van der Waals surface area contributed by atoms with Gasteiger partial charge in [-0.25, -0.2) is 13.4 Å². The van der Waals surface area contributed by atoms with Crippen molar-refractivity contribution >= 4 is 44.8 Å². The summed E-state index contributed by atoms with van der Waals surface area (Å²) in [5, 5.41) is 4.15. The van der Waals surface area contributed by atoms with Crippen LogP contribution in [0, 0.1) is 0 Å². The summed E-state index contributed by atoms with van der Waals surface area (Å²) in [4.78, 5) is 27.9. The molecule has 1 N–H and O–H groups in total.